The van der Waals surface area contributed by atoms with Gasteiger partial charge in [0.25, 0.3) is 0 Å². The fraction of sp³-hybridized carbons (Fsp3) is 0.882. The zero-order valence-corrected chi connectivity index (χ0v) is 12.5. The Morgan fingerprint density at radius 1 is 0.905 bits per heavy atom. The van der Waals surface area contributed by atoms with E-state index in [2.05, 4.69) is 5.32 Å². The molecule has 0 aromatic heterocycles. The van der Waals surface area contributed by atoms with E-state index in [0.29, 0.717) is 12.8 Å². The van der Waals surface area contributed by atoms with Crippen LogP contribution in [0.4, 0.5) is 0 Å². The summed E-state index contributed by atoms with van der Waals surface area (Å²) >= 11 is 0. The highest BCUT2D eigenvalue weighted by atomic mass is 16.4. The molecule has 0 aromatic carbocycles. The van der Waals surface area contributed by atoms with Gasteiger partial charge in [0.2, 0.25) is 5.91 Å². The first-order valence-corrected chi connectivity index (χ1v) is 8.58. The van der Waals surface area contributed by atoms with Crippen molar-refractivity contribution >= 4 is 11.9 Å². The third-order valence-corrected chi connectivity index (χ3v) is 6.64. The van der Waals surface area contributed by atoms with Crippen molar-refractivity contribution in [3.63, 3.8) is 0 Å². The zero-order valence-electron chi connectivity index (χ0n) is 12.5. The van der Waals surface area contributed by atoms with E-state index < -0.39 is 5.97 Å². The second-order valence-electron chi connectivity index (χ2n) is 8.22. The van der Waals surface area contributed by atoms with E-state index in [1.807, 2.05) is 0 Å². The van der Waals surface area contributed by atoms with Crippen molar-refractivity contribution in [3.05, 3.63) is 0 Å². The smallest absolute Gasteiger partial charge is 0.306 e. The minimum atomic E-state index is -0.707. The van der Waals surface area contributed by atoms with Gasteiger partial charge in [-0.3, -0.25) is 9.59 Å². The molecular formula is C17H25NO3. The van der Waals surface area contributed by atoms with Gasteiger partial charge in [-0.05, 0) is 75.5 Å². The van der Waals surface area contributed by atoms with Gasteiger partial charge in [0, 0.05) is 11.5 Å². The molecule has 21 heavy (non-hydrogen) atoms. The fourth-order valence-corrected chi connectivity index (χ4v) is 6.06. The number of amides is 1. The first kappa shape index (κ1) is 13.6. The minimum Gasteiger partial charge on any atom is -0.481 e. The lowest BCUT2D eigenvalue weighted by Crippen LogP contribution is -2.55. The standard InChI is InChI=1S/C17H25NO3/c19-15(20)13-1-2-14(6-13)18-16(21)17-7-10-3-11(8-17)5-12(4-10)9-17/h10-14H,1-9H2,(H,18,21)(H,19,20)/t10?,11?,12?,13-,14+,17?/m1/s1. The largest absolute Gasteiger partial charge is 0.481 e. The molecule has 0 heterocycles. The summed E-state index contributed by atoms with van der Waals surface area (Å²) in [6.07, 6.45) is 9.44. The number of carbonyl (C=O) groups excluding carboxylic acids is 1. The molecule has 116 valence electrons. The summed E-state index contributed by atoms with van der Waals surface area (Å²) in [5.41, 5.74) is -0.101. The van der Waals surface area contributed by atoms with Crippen LogP contribution in [-0.2, 0) is 9.59 Å². The first-order chi connectivity index (χ1) is 10.0. The lowest BCUT2D eigenvalue weighted by molar-refractivity contribution is -0.147. The number of nitrogens with one attached hydrogen (secondary N) is 1. The molecule has 5 rings (SSSR count). The molecule has 0 aliphatic heterocycles. The van der Waals surface area contributed by atoms with E-state index in [9.17, 15) is 9.59 Å². The molecule has 0 spiro atoms. The predicted molar refractivity (Wildman–Crippen MR) is 77.5 cm³/mol. The molecule has 1 amide bonds. The third kappa shape index (κ3) is 2.27. The molecule has 4 bridgehead atoms. The molecule has 5 fully saturated rings. The Hall–Kier alpha value is -1.06. The average Bonchev–Trinajstić information content (AvgIpc) is 2.85. The van der Waals surface area contributed by atoms with Crippen LogP contribution in [0.15, 0.2) is 0 Å². The van der Waals surface area contributed by atoms with Gasteiger partial charge in [0.1, 0.15) is 0 Å². The SMILES string of the molecule is O=C(O)[C@@H]1CC[C@H](NC(=O)C23CC4CC(CC(C4)C2)C3)C1. The number of aliphatic carboxylic acids is 1. The Balaban J connectivity index is 1.42. The summed E-state index contributed by atoms with van der Waals surface area (Å²) in [5, 5.41) is 12.3. The van der Waals surface area contributed by atoms with Gasteiger partial charge >= 0.3 is 5.97 Å². The molecule has 5 aliphatic rings. The van der Waals surface area contributed by atoms with E-state index in [1.54, 1.807) is 0 Å². The summed E-state index contributed by atoms with van der Waals surface area (Å²) in [5.74, 6) is 1.61. The number of hydrogen-bond donors (Lipinski definition) is 2. The van der Waals surface area contributed by atoms with Crippen molar-refractivity contribution in [3.8, 4) is 0 Å². The monoisotopic (exact) mass is 291 g/mol. The highest BCUT2D eigenvalue weighted by Crippen LogP contribution is 2.60. The Labute approximate surface area is 125 Å². The van der Waals surface area contributed by atoms with Crippen LogP contribution in [-0.4, -0.2) is 23.0 Å². The van der Waals surface area contributed by atoms with Crippen molar-refractivity contribution < 1.29 is 14.7 Å². The average molecular weight is 291 g/mol. The van der Waals surface area contributed by atoms with Crippen LogP contribution in [0.1, 0.15) is 57.8 Å². The van der Waals surface area contributed by atoms with Crippen molar-refractivity contribution in [2.75, 3.05) is 0 Å². The molecule has 0 saturated heterocycles. The van der Waals surface area contributed by atoms with Gasteiger partial charge in [-0.25, -0.2) is 0 Å². The number of hydrogen-bond acceptors (Lipinski definition) is 2. The zero-order chi connectivity index (χ0) is 14.6. The summed E-state index contributed by atoms with van der Waals surface area (Å²) in [6.45, 7) is 0. The predicted octanol–water partition coefficient (Wildman–Crippen LogP) is 2.57. The maximum absolute atomic E-state index is 12.9. The minimum absolute atomic E-state index is 0.0894. The molecular weight excluding hydrogens is 266 g/mol. The van der Waals surface area contributed by atoms with E-state index >= 15 is 0 Å². The molecule has 0 unspecified atom stereocenters. The van der Waals surface area contributed by atoms with Gasteiger partial charge in [0.05, 0.1) is 5.92 Å². The Kier molecular flexibility index (Phi) is 3.05. The van der Waals surface area contributed by atoms with E-state index in [0.717, 1.165) is 43.4 Å². The summed E-state index contributed by atoms with van der Waals surface area (Å²) < 4.78 is 0. The molecule has 4 heteroatoms. The molecule has 0 radical (unpaired) electrons. The number of rotatable bonds is 3. The van der Waals surface area contributed by atoms with Gasteiger partial charge in [-0.2, -0.15) is 0 Å². The number of carboxylic acids is 1. The van der Waals surface area contributed by atoms with Crippen LogP contribution < -0.4 is 5.32 Å². The molecule has 5 saturated carbocycles. The van der Waals surface area contributed by atoms with Crippen molar-refractivity contribution in [2.45, 2.75) is 63.8 Å². The lowest BCUT2D eigenvalue weighted by atomic mass is 9.49. The van der Waals surface area contributed by atoms with Crippen molar-refractivity contribution in [1.82, 2.24) is 5.32 Å². The quantitative estimate of drug-likeness (QED) is 0.840. The maximum atomic E-state index is 12.9. The van der Waals surface area contributed by atoms with Crippen LogP contribution in [0.2, 0.25) is 0 Å². The Bertz CT molecular complexity index is 437. The van der Waals surface area contributed by atoms with Crippen molar-refractivity contribution in [2.24, 2.45) is 29.1 Å². The van der Waals surface area contributed by atoms with Crippen molar-refractivity contribution in [1.29, 1.82) is 0 Å². The van der Waals surface area contributed by atoms with Crippen LogP contribution >= 0.6 is 0 Å². The summed E-state index contributed by atoms with van der Waals surface area (Å²) in [7, 11) is 0. The first-order valence-electron chi connectivity index (χ1n) is 8.58. The lowest BCUT2D eigenvalue weighted by Gasteiger charge is -2.55. The number of carboxylic acid groups (broad SMARTS) is 1. The molecule has 5 aliphatic carbocycles. The van der Waals surface area contributed by atoms with Crippen LogP contribution in [0, 0.1) is 29.1 Å². The van der Waals surface area contributed by atoms with Crippen LogP contribution in [0.3, 0.4) is 0 Å². The van der Waals surface area contributed by atoms with Gasteiger partial charge in [-0.15, -0.1) is 0 Å². The maximum Gasteiger partial charge on any atom is 0.306 e. The Morgan fingerprint density at radius 2 is 1.48 bits per heavy atom. The van der Waals surface area contributed by atoms with E-state index in [4.69, 9.17) is 5.11 Å². The summed E-state index contributed by atoms with van der Waals surface area (Å²) in [6, 6.07) is 0.0894. The van der Waals surface area contributed by atoms with E-state index in [-0.39, 0.29) is 23.3 Å². The fourth-order valence-electron chi connectivity index (χ4n) is 6.06. The molecule has 0 aromatic rings. The second kappa shape index (κ2) is 4.72. The van der Waals surface area contributed by atoms with Gasteiger partial charge in [0.15, 0.2) is 0 Å². The highest BCUT2D eigenvalue weighted by Gasteiger charge is 2.54. The highest BCUT2D eigenvalue weighted by molar-refractivity contribution is 5.83. The molecule has 2 N–H and O–H groups in total. The Morgan fingerprint density at radius 3 is 1.95 bits per heavy atom. The van der Waals surface area contributed by atoms with Gasteiger partial charge in [-0.1, -0.05) is 0 Å². The van der Waals surface area contributed by atoms with Crippen LogP contribution in [0.5, 0.6) is 0 Å². The summed E-state index contributed by atoms with van der Waals surface area (Å²) in [4.78, 5) is 23.9. The number of carbonyl (C=O) groups is 2. The van der Waals surface area contributed by atoms with Crippen LogP contribution in [0.25, 0.3) is 0 Å². The second-order valence-corrected chi connectivity index (χ2v) is 8.22. The molecule has 2 atom stereocenters. The molecule has 4 nitrogen and oxygen atoms in total. The van der Waals surface area contributed by atoms with E-state index in [1.165, 1.54) is 19.3 Å². The normalized spacial score (nSPS) is 47.5. The van der Waals surface area contributed by atoms with Gasteiger partial charge < -0.3 is 10.4 Å². The topological polar surface area (TPSA) is 66.4 Å². The third-order valence-electron chi connectivity index (χ3n) is 6.64.